The predicted molar refractivity (Wildman–Crippen MR) is 132 cm³/mol. The number of carbonyl (C=O) groups is 2. The Bertz CT molecular complexity index is 1100. The van der Waals surface area contributed by atoms with Crippen molar-refractivity contribution >= 4 is 55.8 Å². The fraction of sp³-hybridized carbons (Fsp3) is 0.375. The number of nitrogens with zero attached hydrogens (tertiary/aromatic N) is 4. The van der Waals surface area contributed by atoms with Crippen LogP contribution in [0.4, 0.5) is 10.8 Å². The van der Waals surface area contributed by atoms with Gasteiger partial charge in [0.25, 0.3) is 0 Å². The van der Waals surface area contributed by atoms with Gasteiger partial charge in [-0.3, -0.25) is 14.5 Å². The van der Waals surface area contributed by atoms with E-state index in [9.17, 15) is 9.59 Å². The number of thiazole rings is 1. The molecule has 2 amide bonds. The Morgan fingerprint density at radius 2 is 1.91 bits per heavy atom. The molecule has 0 bridgehead atoms. The second-order valence-electron chi connectivity index (χ2n) is 7.87. The second-order valence-corrected chi connectivity index (χ2v) is 9.31. The zero-order chi connectivity index (χ0) is 22.7. The van der Waals surface area contributed by atoms with Crippen LogP contribution in [0.25, 0.3) is 10.2 Å². The molecule has 1 aliphatic heterocycles. The molecule has 1 aromatic heterocycles. The van der Waals surface area contributed by atoms with Crippen molar-refractivity contribution < 1.29 is 9.59 Å². The van der Waals surface area contributed by atoms with E-state index in [4.69, 9.17) is 16.6 Å². The number of para-hydroxylation sites is 1. The van der Waals surface area contributed by atoms with E-state index in [2.05, 4.69) is 18.7 Å². The molecule has 0 N–H and O–H groups in total. The summed E-state index contributed by atoms with van der Waals surface area (Å²) in [6, 6.07) is 15.1. The maximum Gasteiger partial charge on any atom is 0.234 e. The lowest BCUT2D eigenvalue weighted by molar-refractivity contribution is -0.124. The number of likely N-dealkylation sites (N-methyl/N-ethyl adjacent to an activating group) is 1. The third kappa shape index (κ3) is 4.80. The number of fused-ring (bicyclic) bond motifs is 1. The van der Waals surface area contributed by atoms with Crippen molar-refractivity contribution in [3.05, 3.63) is 53.6 Å². The fourth-order valence-electron chi connectivity index (χ4n) is 4.03. The SMILES string of the molecule is CCN(CC)CCN(C(=O)C1CC(=O)N(c2ccccc2)C1)c1nc2ccc(Cl)cc2s1. The third-order valence-electron chi connectivity index (χ3n) is 5.91. The lowest BCUT2D eigenvalue weighted by atomic mass is 10.1. The maximum atomic E-state index is 13.7. The Balaban J connectivity index is 1.60. The van der Waals surface area contributed by atoms with E-state index in [0.717, 1.165) is 35.5 Å². The largest absolute Gasteiger partial charge is 0.312 e. The van der Waals surface area contributed by atoms with Crippen LogP contribution in [0.15, 0.2) is 48.5 Å². The quantitative estimate of drug-likeness (QED) is 0.479. The third-order valence-corrected chi connectivity index (χ3v) is 7.19. The average molecular weight is 471 g/mol. The van der Waals surface area contributed by atoms with Crippen LogP contribution in [0.3, 0.4) is 0 Å². The van der Waals surface area contributed by atoms with Crippen LogP contribution in [0, 0.1) is 5.92 Å². The zero-order valence-electron chi connectivity index (χ0n) is 18.3. The number of halogens is 1. The van der Waals surface area contributed by atoms with Crippen LogP contribution in [-0.2, 0) is 9.59 Å². The maximum absolute atomic E-state index is 13.7. The summed E-state index contributed by atoms with van der Waals surface area (Å²) in [7, 11) is 0. The molecule has 4 rings (SSSR count). The Labute approximate surface area is 197 Å². The van der Waals surface area contributed by atoms with Crippen molar-refractivity contribution in [1.29, 1.82) is 0 Å². The number of carbonyl (C=O) groups excluding carboxylic acids is 2. The van der Waals surface area contributed by atoms with Crippen molar-refractivity contribution in [3.63, 3.8) is 0 Å². The summed E-state index contributed by atoms with van der Waals surface area (Å²) in [6.45, 7) is 7.73. The molecule has 8 heteroatoms. The summed E-state index contributed by atoms with van der Waals surface area (Å²) in [4.78, 5) is 36.9. The molecule has 3 aromatic rings. The number of hydrogen-bond donors (Lipinski definition) is 0. The highest BCUT2D eigenvalue weighted by atomic mass is 35.5. The van der Waals surface area contributed by atoms with Crippen molar-refractivity contribution in [2.75, 3.05) is 42.5 Å². The second kappa shape index (κ2) is 9.98. The molecule has 168 valence electrons. The van der Waals surface area contributed by atoms with E-state index >= 15 is 0 Å². The lowest BCUT2D eigenvalue weighted by Crippen LogP contribution is -2.42. The predicted octanol–water partition coefficient (Wildman–Crippen LogP) is 4.68. The van der Waals surface area contributed by atoms with Crippen molar-refractivity contribution in [1.82, 2.24) is 9.88 Å². The Morgan fingerprint density at radius 3 is 2.62 bits per heavy atom. The van der Waals surface area contributed by atoms with Crippen LogP contribution in [-0.4, -0.2) is 54.4 Å². The molecule has 0 spiro atoms. The lowest BCUT2D eigenvalue weighted by Gasteiger charge is -2.26. The molecule has 1 atom stereocenters. The van der Waals surface area contributed by atoms with Gasteiger partial charge in [0.1, 0.15) is 0 Å². The molecular formula is C24H27ClN4O2S. The molecule has 0 aliphatic carbocycles. The Morgan fingerprint density at radius 1 is 1.16 bits per heavy atom. The molecule has 1 unspecified atom stereocenters. The topological polar surface area (TPSA) is 56.8 Å². The minimum Gasteiger partial charge on any atom is -0.312 e. The normalized spacial score (nSPS) is 16.3. The number of benzene rings is 2. The molecular weight excluding hydrogens is 444 g/mol. The number of rotatable bonds is 8. The molecule has 6 nitrogen and oxygen atoms in total. The number of aromatic nitrogens is 1. The first-order chi connectivity index (χ1) is 15.5. The highest BCUT2D eigenvalue weighted by Gasteiger charge is 2.38. The molecule has 0 saturated carbocycles. The summed E-state index contributed by atoms with van der Waals surface area (Å²) in [5.74, 6) is -0.460. The van der Waals surface area contributed by atoms with Gasteiger partial charge in [0, 0.05) is 36.8 Å². The van der Waals surface area contributed by atoms with Gasteiger partial charge >= 0.3 is 0 Å². The van der Waals surface area contributed by atoms with Crippen LogP contribution in [0.5, 0.6) is 0 Å². The van der Waals surface area contributed by atoms with Gasteiger partial charge < -0.3 is 9.80 Å². The monoisotopic (exact) mass is 470 g/mol. The van der Waals surface area contributed by atoms with E-state index in [1.54, 1.807) is 9.80 Å². The van der Waals surface area contributed by atoms with Crippen LogP contribution < -0.4 is 9.80 Å². The Hall–Kier alpha value is -2.48. The fourth-order valence-corrected chi connectivity index (χ4v) is 5.31. The first-order valence-electron chi connectivity index (χ1n) is 10.9. The van der Waals surface area contributed by atoms with Gasteiger partial charge in [0.15, 0.2) is 5.13 Å². The summed E-state index contributed by atoms with van der Waals surface area (Å²) >= 11 is 7.62. The van der Waals surface area contributed by atoms with E-state index in [0.29, 0.717) is 23.2 Å². The smallest absolute Gasteiger partial charge is 0.234 e. The zero-order valence-corrected chi connectivity index (χ0v) is 19.9. The molecule has 1 fully saturated rings. The average Bonchev–Trinajstić information content (AvgIpc) is 3.40. The Kier molecular flexibility index (Phi) is 7.08. The molecule has 0 radical (unpaired) electrons. The van der Waals surface area contributed by atoms with Crippen molar-refractivity contribution in [3.8, 4) is 0 Å². The van der Waals surface area contributed by atoms with E-state index in [-0.39, 0.29) is 18.2 Å². The summed E-state index contributed by atoms with van der Waals surface area (Å²) in [6.07, 6.45) is 0.215. The molecule has 2 heterocycles. The minimum absolute atomic E-state index is 0.0191. The van der Waals surface area contributed by atoms with Gasteiger partial charge in [0.2, 0.25) is 11.8 Å². The van der Waals surface area contributed by atoms with Gasteiger partial charge in [-0.1, -0.05) is 55.0 Å². The first-order valence-corrected chi connectivity index (χ1v) is 12.1. The first kappa shape index (κ1) is 22.7. The van der Waals surface area contributed by atoms with Crippen molar-refractivity contribution in [2.45, 2.75) is 20.3 Å². The van der Waals surface area contributed by atoms with Gasteiger partial charge in [0.05, 0.1) is 16.1 Å². The molecule has 1 aliphatic rings. The molecule has 1 saturated heterocycles. The van der Waals surface area contributed by atoms with Gasteiger partial charge in [-0.15, -0.1) is 0 Å². The van der Waals surface area contributed by atoms with Gasteiger partial charge in [-0.2, -0.15) is 0 Å². The highest BCUT2D eigenvalue weighted by molar-refractivity contribution is 7.22. The summed E-state index contributed by atoms with van der Waals surface area (Å²) in [5, 5.41) is 1.30. The van der Waals surface area contributed by atoms with Crippen LogP contribution in [0.2, 0.25) is 5.02 Å². The van der Waals surface area contributed by atoms with Crippen molar-refractivity contribution in [2.24, 2.45) is 5.92 Å². The number of amides is 2. The molecule has 32 heavy (non-hydrogen) atoms. The van der Waals surface area contributed by atoms with Gasteiger partial charge in [-0.25, -0.2) is 4.98 Å². The molecule has 2 aromatic carbocycles. The minimum atomic E-state index is -0.394. The van der Waals surface area contributed by atoms with Gasteiger partial charge in [-0.05, 0) is 43.4 Å². The van der Waals surface area contributed by atoms with E-state index in [1.165, 1.54) is 11.3 Å². The number of hydrogen-bond acceptors (Lipinski definition) is 5. The standard InChI is InChI=1S/C24H27ClN4O2S/c1-3-27(4-2)12-13-28(24-26-20-11-10-18(25)15-21(20)32-24)23(31)17-14-22(30)29(16-17)19-8-6-5-7-9-19/h5-11,15,17H,3-4,12-14,16H2,1-2H3. The van der Waals surface area contributed by atoms with Crippen LogP contribution >= 0.6 is 22.9 Å². The summed E-state index contributed by atoms with van der Waals surface area (Å²) < 4.78 is 0.946. The van der Waals surface area contributed by atoms with E-state index < -0.39 is 5.92 Å². The van der Waals surface area contributed by atoms with E-state index in [1.807, 2.05) is 48.5 Å². The highest BCUT2D eigenvalue weighted by Crippen LogP contribution is 2.33. The van der Waals surface area contributed by atoms with Crippen LogP contribution in [0.1, 0.15) is 20.3 Å². The number of anilines is 2. The summed E-state index contributed by atoms with van der Waals surface area (Å²) in [5.41, 5.74) is 1.65.